The van der Waals surface area contributed by atoms with Crippen molar-refractivity contribution >= 4 is 5.91 Å². The molecule has 0 spiro atoms. The number of aliphatic hydroxyl groups is 4. The van der Waals surface area contributed by atoms with E-state index in [1.165, 1.54) is 83.5 Å². The first kappa shape index (κ1) is 38.0. The minimum Gasteiger partial charge on any atom is -0.394 e. The third kappa shape index (κ3) is 23.5. The van der Waals surface area contributed by atoms with Crippen LogP contribution in [0.1, 0.15) is 162 Å². The van der Waals surface area contributed by atoms with E-state index in [0.717, 1.165) is 51.4 Å². The van der Waals surface area contributed by atoms with E-state index in [9.17, 15) is 25.2 Å². The Balaban J connectivity index is 3.87. The maximum atomic E-state index is 12.3. The molecule has 0 aromatic rings. The van der Waals surface area contributed by atoms with Gasteiger partial charge < -0.3 is 25.7 Å². The van der Waals surface area contributed by atoms with Crippen molar-refractivity contribution in [3.63, 3.8) is 0 Å². The zero-order chi connectivity index (χ0) is 29.0. The van der Waals surface area contributed by atoms with Gasteiger partial charge in [0.2, 0.25) is 5.91 Å². The van der Waals surface area contributed by atoms with Gasteiger partial charge in [0.15, 0.2) is 0 Å². The topological polar surface area (TPSA) is 110 Å². The van der Waals surface area contributed by atoms with Crippen molar-refractivity contribution in [2.45, 2.75) is 186 Å². The molecule has 0 aliphatic rings. The number of amides is 1. The highest BCUT2D eigenvalue weighted by Gasteiger charge is 2.28. The molecule has 39 heavy (non-hydrogen) atoms. The monoisotopic (exact) mass is 555 g/mol. The number of carbonyl (C=O) groups excluding carboxylic acids is 1. The summed E-state index contributed by atoms with van der Waals surface area (Å²) in [6.07, 6.45) is 26.6. The summed E-state index contributed by atoms with van der Waals surface area (Å²) in [7, 11) is 0. The molecule has 6 heteroatoms. The molecule has 0 fully saturated rings. The van der Waals surface area contributed by atoms with Gasteiger partial charge in [0.25, 0.3) is 0 Å². The molecule has 6 nitrogen and oxygen atoms in total. The first-order valence-corrected chi connectivity index (χ1v) is 16.6. The van der Waals surface area contributed by atoms with Gasteiger partial charge in [0, 0.05) is 0 Å². The molecule has 0 saturated heterocycles. The molecule has 4 unspecified atom stereocenters. The molecule has 0 bridgehead atoms. The number of rotatable bonds is 29. The molecule has 5 N–H and O–H groups in total. The van der Waals surface area contributed by atoms with Gasteiger partial charge in [-0.25, -0.2) is 0 Å². The average molecular weight is 556 g/mol. The van der Waals surface area contributed by atoms with E-state index < -0.39 is 36.9 Å². The van der Waals surface area contributed by atoms with Gasteiger partial charge in [-0.2, -0.15) is 0 Å². The molecule has 0 aliphatic heterocycles. The second-order valence-electron chi connectivity index (χ2n) is 11.5. The minimum absolute atomic E-state index is 0.348. The molecule has 4 atom stereocenters. The van der Waals surface area contributed by atoms with Crippen LogP contribution in [-0.2, 0) is 4.79 Å². The number of carbonyl (C=O) groups is 1. The van der Waals surface area contributed by atoms with Gasteiger partial charge in [0.1, 0.15) is 12.2 Å². The van der Waals surface area contributed by atoms with Crippen LogP contribution >= 0.6 is 0 Å². The van der Waals surface area contributed by atoms with Crippen LogP contribution in [0.5, 0.6) is 0 Å². The van der Waals surface area contributed by atoms with Crippen LogP contribution in [0.2, 0.25) is 0 Å². The molecule has 0 aromatic carbocycles. The molecular formula is C33H65NO5. The van der Waals surface area contributed by atoms with Crippen LogP contribution in [0.3, 0.4) is 0 Å². The van der Waals surface area contributed by atoms with Gasteiger partial charge >= 0.3 is 0 Å². The van der Waals surface area contributed by atoms with Crippen molar-refractivity contribution in [3.8, 4) is 0 Å². The highest BCUT2D eigenvalue weighted by Crippen LogP contribution is 2.15. The summed E-state index contributed by atoms with van der Waals surface area (Å²) < 4.78 is 0. The van der Waals surface area contributed by atoms with Crippen LogP contribution in [0.25, 0.3) is 0 Å². The summed E-state index contributed by atoms with van der Waals surface area (Å²) >= 11 is 0. The fourth-order valence-corrected chi connectivity index (χ4v) is 4.97. The van der Waals surface area contributed by atoms with Crippen LogP contribution in [0.4, 0.5) is 0 Å². The number of aliphatic hydroxyl groups excluding tert-OH is 4. The van der Waals surface area contributed by atoms with Gasteiger partial charge in [-0.15, -0.1) is 0 Å². The molecule has 0 rings (SSSR count). The number of allylic oxidation sites excluding steroid dienone is 2. The number of unbranched alkanes of at least 4 members (excludes halogenated alkanes) is 18. The summed E-state index contributed by atoms with van der Waals surface area (Å²) in [5.41, 5.74) is 0. The van der Waals surface area contributed by atoms with Crippen LogP contribution < -0.4 is 5.32 Å². The first-order chi connectivity index (χ1) is 19.0. The van der Waals surface area contributed by atoms with Crippen LogP contribution in [0, 0.1) is 0 Å². The van der Waals surface area contributed by atoms with Gasteiger partial charge in [0.05, 0.1) is 18.8 Å². The maximum absolute atomic E-state index is 12.3. The zero-order valence-electron chi connectivity index (χ0n) is 25.6. The van der Waals surface area contributed by atoms with Crippen molar-refractivity contribution in [1.82, 2.24) is 5.32 Å². The first-order valence-electron chi connectivity index (χ1n) is 16.6. The van der Waals surface area contributed by atoms with E-state index in [1.807, 2.05) is 0 Å². The van der Waals surface area contributed by atoms with E-state index in [2.05, 4.69) is 31.3 Å². The summed E-state index contributed by atoms with van der Waals surface area (Å²) in [5.74, 6) is -0.601. The normalized spacial score (nSPS) is 14.9. The van der Waals surface area contributed by atoms with E-state index in [1.54, 1.807) is 0 Å². The van der Waals surface area contributed by atoms with Crippen LogP contribution in [0.15, 0.2) is 12.2 Å². The van der Waals surface area contributed by atoms with E-state index >= 15 is 0 Å². The standard InChI is InChI=1S/C33H65NO5/c1-3-5-7-9-11-13-14-15-16-17-19-20-22-24-26-30(36)32(38)29(28-35)34-33(39)31(37)27-25-23-21-18-12-10-8-6-4-2/h10,12,29-32,35-38H,3-9,11,13-28H2,1-2H3,(H,34,39)/b12-10-. The molecule has 232 valence electrons. The third-order valence-electron chi connectivity index (χ3n) is 7.73. The second-order valence-corrected chi connectivity index (χ2v) is 11.5. The molecule has 0 heterocycles. The van der Waals surface area contributed by atoms with Crippen molar-refractivity contribution < 1.29 is 25.2 Å². The third-order valence-corrected chi connectivity index (χ3v) is 7.73. The summed E-state index contributed by atoms with van der Waals surface area (Å²) in [6.45, 7) is 3.95. The Morgan fingerprint density at radius 2 is 1.05 bits per heavy atom. The lowest BCUT2D eigenvalue weighted by atomic mass is 9.99. The molecule has 0 saturated carbocycles. The van der Waals surface area contributed by atoms with E-state index in [-0.39, 0.29) is 0 Å². The predicted octanol–water partition coefficient (Wildman–Crippen LogP) is 7.11. The summed E-state index contributed by atoms with van der Waals surface area (Å²) in [4.78, 5) is 12.3. The largest absolute Gasteiger partial charge is 0.394 e. The maximum Gasteiger partial charge on any atom is 0.249 e. The number of nitrogens with one attached hydrogen (secondary N) is 1. The highest BCUT2D eigenvalue weighted by atomic mass is 16.3. The molecule has 0 aliphatic carbocycles. The van der Waals surface area contributed by atoms with Crippen molar-refractivity contribution in [1.29, 1.82) is 0 Å². The van der Waals surface area contributed by atoms with Crippen molar-refractivity contribution in [2.75, 3.05) is 6.61 Å². The second kappa shape index (κ2) is 28.6. The van der Waals surface area contributed by atoms with Gasteiger partial charge in [-0.05, 0) is 32.1 Å². The predicted molar refractivity (Wildman–Crippen MR) is 164 cm³/mol. The minimum atomic E-state index is -1.26. The fourth-order valence-electron chi connectivity index (χ4n) is 4.97. The van der Waals surface area contributed by atoms with Crippen LogP contribution in [-0.4, -0.2) is 57.3 Å². The molecular weight excluding hydrogens is 490 g/mol. The van der Waals surface area contributed by atoms with Crippen molar-refractivity contribution in [2.24, 2.45) is 0 Å². The summed E-state index contributed by atoms with van der Waals surface area (Å²) in [5, 5.41) is 43.2. The lowest BCUT2D eigenvalue weighted by molar-refractivity contribution is -0.132. The van der Waals surface area contributed by atoms with Gasteiger partial charge in [-0.3, -0.25) is 4.79 Å². The molecule has 0 aromatic heterocycles. The lowest BCUT2D eigenvalue weighted by Crippen LogP contribution is -2.53. The Labute approximate surface area is 241 Å². The lowest BCUT2D eigenvalue weighted by Gasteiger charge is -2.27. The van der Waals surface area contributed by atoms with E-state index in [0.29, 0.717) is 12.8 Å². The number of hydrogen-bond acceptors (Lipinski definition) is 5. The fraction of sp³-hybridized carbons (Fsp3) is 0.909. The zero-order valence-corrected chi connectivity index (χ0v) is 25.6. The van der Waals surface area contributed by atoms with E-state index in [4.69, 9.17) is 0 Å². The SMILES string of the molecule is CCCC/C=C\CCCCCC(O)C(=O)NC(CO)C(O)C(O)CCCCCCCCCCCCCCCC. The quantitative estimate of drug-likeness (QED) is 0.0499. The molecule has 0 radical (unpaired) electrons. The summed E-state index contributed by atoms with van der Waals surface area (Å²) in [6, 6.07) is -0.984. The Morgan fingerprint density at radius 1 is 0.615 bits per heavy atom. The Bertz CT molecular complexity index is 556. The molecule has 1 amide bonds. The smallest absolute Gasteiger partial charge is 0.249 e. The Kier molecular flexibility index (Phi) is 27.9. The number of hydrogen-bond donors (Lipinski definition) is 5. The average Bonchev–Trinajstić information content (AvgIpc) is 2.94. The Morgan fingerprint density at radius 3 is 1.56 bits per heavy atom. The highest BCUT2D eigenvalue weighted by molar-refractivity contribution is 5.80. The Hall–Kier alpha value is -0.950. The van der Waals surface area contributed by atoms with Gasteiger partial charge in [-0.1, -0.05) is 142 Å². The van der Waals surface area contributed by atoms with Crippen molar-refractivity contribution in [3.05, 3.63) is 12.2 Å².